The summed E-state index contributed by atoms with van der Waals surface area (Å²) in [5.41, 5.74) is 6.80. The van der Waals surface area contributed by atoms with Gasteiger partial charge in [0.15, 0.2) is 5.96 Å². The highest BCUT2D eigenvalue weighted by Gasteiger charge is 2.14. The summed E-state index contributed by atoms with van der Waals surface area (Å²) in [6.45, 7) is 4.22. The zero-order chi connectivity index (χ0) is 15.2. The molecule has 1 aliphatic heterocycles. The van der Waals surface area contributed by atoms with Crippen molar-refractivity contribution in [2.24, 2.45) is 10.7 Å². The second-order valence-electron chi connectivity index (χ2n) is 4.83. The van der Waals surface area contributed by atoms with Gasteiger partial charge in [0.2, 0.25) is 0 Å². The van der Waals surface area contributed by atoms with E-state index in [1.165, 1.54) is 0 Å². The third-order valence-corrected chi connectivity index (χ3v) is 3.71. The molecule has 0 amide bonds. The fourth-order valence-electron chi connectivity index (χ4n) is 2.04. The first kappa shape index (κ1) is 19.8. The summed E-state index contributed by atoms with van der Waals surface area (Å²) in [4.78, 5) is 4.27. The number of nitrogens with one attached hydrogen (secondary N) is 1. The largest absolute Gasteiger partial charge is 0.376 e. The van der Waals surface area contributed by atoms with Gasteiger partial charge in [-0.25, -0.2) is 0 Å². The average Bonchev–Trinajstić information content (AvgIpc) is 2.46. The first-order valence-electron chi connectivity index (χ1n) is 6.77. The van der Waals surface area contributed by atoms with Crippen molar-refractivity contribution in [3.05, 3.63) is 33.8 Å². The van der Waals surface area contributed by atoms with E-state index in [4.69, 9.17) is 38.4 Å². The van der Waals surface area contributed by atoms with Crippen molar-refractivity contribution < 1.29 is 9.47 Å². The van der Waals surface area contributed by atoms with Crippen LogP contribution in [0.4, 0.5) is 0 Å². The lowest BCUT2D eigenvalue weighted by Crippen LogP contribution is -2.36. The van der Waals surface area contributed by atoms with Crippen molar-refractivity contribution >= 4 is 53.1 Å². The molecule has 1 saturated heterocycles. The number of ether oxygens (including phenoxy) is 2. The summed E-state index contributed by atoms with van der Waals surface area (Å²) in [5, 5.41) is 4.30. The van der Waals surface area contributed by atoms with Gasteiger partial charge in [0, 0.05) is 10.0 Å². The Morgan fingerprint density at radius 2 is 2.23 bits per heavy atom. The third-order valence-electron chi connectivity index (χ3n) is 3.14. The molecule has 0 radical (unpaired) electrons. The minimum absolute atomic E-state index is 0. The standard InChI is InChI=1S/C14H19Cl2N3O2.HI/c1-9(12-3-2-10(15)6-13(12)16)19-14(17)18-7-11-8-20-4-5-21-11;/h2-3,6,9,11H,4-5,7-8H2,1H3,(H3,17,18,19);1H. The van der Waals surface area contributed by atoms with Gasteiger partial charge in [-0.2, -0.15) is 0 Å². The predicted molar refractivity (Wildman–Crippen MR) is 100 cm³/mol. The Bertz CT molecular complexity index is 511. The SMILES string of the molecule is CC(NC(N)=NCC1COCCO1)c1ccc(Cl)cc1Cl.I. The molecular formula is C14H20Cl2IN3O2. The van der Waals surface area contributed by atoms with E-state index in [2.05, 4.69) is 10.3 Å². The van der Waals surface area contributed by atoms with Crippen molar-refractivity contribution in [3.63, 3.8) is 0 Å². The van der Waals surface area contributed by atoms with Crippen LogP contribution in [-0.2, 0) is 9.47 Å². The van der Waals surface area contributed by atoms with Crippen LogP contribution in [0.25, 0.3) is 0 Å². The van der Waals surface area contributed by atoms with Crippen molar-refractivity contribution in [2.45, 2.75) is 19.1 Å². The number of guanidine groups is 1. The van der Waals surface area contributed by atoms with Gasteiger partial charge < -0.3 is 20.5 Å². The van der Waals surface area contributed by atoms with E-state index in [1.807, 2.05) is 13.0 Å². The summed E-state index contributed by atoms with van der Waals surface area (Å²) in [6, 6.07) is 5.30. The highest BCUT2D eigenvalue weighted by atomic mass is 127. The number of hydrogen-bond donors (Lipinski definition) is 2. The van der Waals surface area contributed by atoms with Crippen LogP contribution in [-0.4, -0.2) is 38.4 Å². The first-order chi connectivity index (χ1) is 10.1. The van der Waals surface area contributed by atoms with Crippen LogP contribution >= 0.6 is 47.2 Å². The Hall–Kier alpha value is -0.280. The maximum atomic E-state index is 6.16. The van der Waals surface area contributed by atoms with E-state index in [-0.39, 0.29) is 36.1 Å². The lowest BCUT2D eigenvalue weighted by atomic mass is 10.1. The average molecular weight is 460 g/mol. The van der Waals surface area contributed by atoms with E-state index in [1.54, 1.807) is 12.1 Å². The monoisotopic (exact) mass is 459 g/mol. The summed E-state index contributed by atoms with van der Waals surface area (Å²) in [6.07, 6.45) is -0.0338. The van der Waals surface area contributed by atoms with Crippen molar-refractivity contribution in [2.75, 3.05) is 26.4 Å². The quantitative estimate of drug-likeness (QED) is 0.412. The number of nitrogens with two attached hydrogens (primary N) is 1. The molecule has 2 rings (SSSR count). The van der Waals surface area contributed by atoms with Crippen molar-refractivity contribution in [3.8, 4) is 0 Å². The second-order valence-corrected chi connectivity index (χ2v) is 5.67. The van der Waals surface area contributed by atoms with Crippen molar-refractivity contribution in [1.29, 1.82) is 0 Å². The molecule has 3 N–H and O–H groups in total. The molecule has 1 heterocycles. The van der Waals surface area contributed by atoms with E-state index < -0.39 is 0 Å². The minimum atomic E-state index is -0.0676. The van der Waals surface area contributed by atoms with Gasteiger partial charge in [-0.3, -0.25) is 4.99 Å². The number of aliphatic imine (C=N–C) groups is 1. The minimum Gasteiger partial charge on any atom is -0.376 e. The lowest BCUT2D eigenvalue weighted by molar-refractivity contribution is -0.0832. The molecule has 22 heavy (non-hydrogen) atoms. The van der Waals surface area contributed by atoms with E-state index in [9.17, 15) is 0 Å². The smallest absolute Gasteiger partial charge is 0.189 e. The van der Waals surface area contributed by atoms with Gasteiger partial charge in [-0.1, -0.05) is 29.3 Å². The highest BCUT2D eigenvalue weighted by Crippen LogP contribution is 2.25. The first-order valence-corrected chi connectivity index (χ1v) is 7.52. The van der Waals surface area contributed by atoms with Gasteiger partial charge in [0.1, 0.15) is 6.10 Å². The number of hydrogen-bond acceptors (Lipinski definition) is 3. The molecule has 1 aromatic carbocycles. The Kier molecular flexibility index (Phi) is 8.78. The summed E-state index contributed by atoms with van der Waals surface area (Å²) >= 11 is 12.0. The molecule has 1 fully saturated rings. The highest BCUT2D eigenvalue weighted by molar-refractivity contribution is 14.0. The van der Waals surface area contributed by atoms with Crippen LogP contribution in [0.2, 0.25) is 10.0 Å². The van der Waals surface area contributed by atoms with Gasteiger partial charge in [0.05, 0.1) is 32.4 Å². The molecule has 2 unspecified atom stereocenters. The fourth-order valence-corrected chi connectivity index (χ4v) is 2.61. The van der Waals surface area contributed by atoms with Crippen LogP contribution in [0.1, 0.15) is 18.5 Å². The summed E-state index contributed by atoms with van der Waals surface area (Å²) in [5.74, 6) is 0.350. The van der Waals surface area contributed by atoms with Gasteiger partial charge >= 0.3 is 0 Å². The molecule has 0 bridgehead atoms. The molecular weight excluding hydrogens is 440 g/mol. The molecule has 0 spiro atoms. The van der Waals surface area contributed by atoms with E-state index >= 15 is 0 Å². The third kappa shape index (κ3) is 6.08. The zero-order valence-electron chi connectivity index (χ0n) is 12.2. The Balaban J connectivity index is 0.00000242. The number of halogens is 3. The van der Waals surface area contributed by atoms with Crippen LogP contribution in [0.5, 0.6) is 0 Å². The summed E-state index contributed by atoms with van der Waals surface area (Å²) in [7, 11) is 0. The van der Waals surface area contributed by atoms with Crippen LogP contribution in [0, 0.1) is 0 Å². The lowest BCUT2D eigenvalue weighted by Gasteiger charge is -2.22. The Labute approximate surface area is 157 Å². The van der Waals surface area contributed by atoms with Gasteiger partial charge in [-0.15, -0.1) is 24.0 Å². The van der Waals surface area contributed by atoms with Gasteiger partial charge in [-0.05, 0) is 24.6 Å². The molecule has 2 atom stereocenters. The Morgan fingerprint density at radius 3 is 2.86 bits per heavy atom. The molecule has 8 heteroatoms. The summed E-state index contributed by atoms with van der Waals surface area (Å²) < 4.78 is 10.8. The number of nitrogens with zero attached hydrogens (tertiary/aromatic N) is 1. The fraction of sp³-hybridized carbons (Fsp3) is 0.500. The number of rotatable bonds is 4. The normalized spacial score (nSPS) is 20.1. The van der Waals surface area contributed by atoms with E-state index in [0.717, 1.165) is 5.56 Å². The van der Waals surface area contributed by atoms with Crippen LogP contribution in [0.15, 0.2) is 23.2 Å². The topological polar surface area (TPSA) is 68.9 Å². The maximum Gasteiger partial charge on any atom is 0.189 e. The van der Waals surface area contributed by atoms with Crippen LogP contribution in [0.3, 0.4) is 0 Å². The van der Waals surface area contributed by atoms with Gasteiger partial charge in [0.25, 0.3) is 0 Å². The van der Waals surface area contributed by atoms with Crippen LogP contribution < -0.4 is 11.1 Å². The molecule has 0 aliphatic carbocycles. The molecule has 5 nitrogen and oxygen atoms in total. The number of benzene rings is 1. The zero-order valence-corrected chi connectivity index (χ0v) is 16.1. The second kappa shape index (κ2) is 9.77. The molecule has 1 aliphatic rings. The molecule has 1 aromatic rings. The Morgan fingerprint density at radius 1 is 1.45 bits per heavy atom. The molecule has 0 aromatic heterocycles. The molecule has 124 valence electrons. The maximum absolute atomic E-state index is 6.16. The van der Waals surface area contributed by atoms with Crippen molar-refractivity contribution in [1.82, 2.24) is 5.32 Å². The molecule has 0 saturated carbocycles. The predicted octanol–water partition coefficient (Wildman–Crippen LogP) is 2.99. The van der Waals surface area contributed by atoms with E-state index in [0.29, 0.717) is 42.4 Å².